The van der Waals surface area contributed by atoms with Gasteiger partial charge in [-0.05, 0) is 51.6 Å². The number of fused-ring (bicyclic) bond motifs is 2. The average molecular weight is 290 g/mol. The van der Waals surface area contributed by atoms with Crippen LogP contribution in [0.3, 0.4) is 0 Å². The summed E-state index contributed by atoms with van der Waals surface area (Å²) in [5.74, 6) is 0.762. The van der Waals surface area contributed by atoms with Crippen molar-refractivity contribution in [2.75, 3.05) is 13.6 Å². The van der Waals surface area contributed by atoms with Crippen LogP contribution in [0.15, 0.2) is 12.4 Å². The lowest BCUT2D eigenvalue weighted by Crippen LogP contribution is -2.43. The Bertz CT molecular complexity index is 441. The van der Waals surface area contributed by atoms with Crippen molar-refractivity contribution in [2.45, 2.75) is 70.6 Å². The van der Waals surface area contributed by atoms with E-state index in [0.717, 1.165) is 37.5 Å². The van der Waals surface area contributed by atoms with Crippen molar-refractivity contribution in [3.8, 4) is 0 Å². The molecular weight excluding hydrogens is 260 g/mol. The first-order chi connectivity index (χ1) is 10.2. The molecule has 4 nitrogen and oxygen atoms in total. The number of nitrogens with one attached hydrogen (secondary N) is 1. The highest BCUT2D eigenvalue weighted by Crippen LogP contribution is 2.42. The van der Waals surface area contributed by atoms with Gasteiger partial charge in [-0.15, -0.1) is 0 Å². The predicted octanol–water partition coefficient (Wildman–Crippen LogP) is 2.82. The summed E-state index contributed by atoms with van der Waals surface area (Å²) in [6.45, 7) is 6.48. The Morgan fingerprint density at radius 3 is 2.62 bits per heavy atom. The lowest BCUT2D eigenvalue weighted by atomic mass is 9.83. The normalized spacial score (nSPS) is 30.7. The summed E-state index contributed by atoms with van der Waals surface area (Å²) in [5.41, 5.74) is 1.39. The molecule has 2 saturated heterocycles. The van der Waals surface area contributed by atoms with E-state index >= 15 is 0 Å². The minimum absolute atomic E-state index is 0.484. The number of aromatic nitrogens is 2. The molecule has 3 heterocycles. The van der Waals surface area contributed by atoms with Crippen LogP contribution in [0.25, 0.3) is 0 Å². The summed E-state index contributed by atoms with van der Waals surface area (Å²) >= 11 is 0. The van der Waals surface area contributed by atoms with E-state index in [2.05, 4.69) is 53.3 Å². The van der Waals surface area contributed by atoms with E-state index < -0.39 is 0 Å². The summed E-state index contributed by atoms with van der Waals surface area (Å²) in [5, 5.41) is 8.27. The Kier molecular flexibility index (Phi) is 4.65. The van der Waals surface area contributed by atoms with Crippen molar-refractivity contribution >= 4 is 0 Å². The molecule has 3 rings (SSSR count). The van der Waals surface area contributed by atoms with Crippen LogP contribution in [0, 0.1) is 5.92 Å². The Balaban J connectivity index is 1.74. The summed E-state index contributed by atoms with van der Waals surface area (Å²) in [7, 11) is 2.32. The molecule has 0 radical (unpaired) electrons. The maximum Gasteiger partial charge on any atom is 0.0537 e. The van der Waals surface area contributed by atoms with Gasteiger partial charge in [0.2, 0.25) is 0 Å². The molecule has 1 aromatic rings. The summed E-state index contributed by atoms with van der Waals surface area (Å²) < 4.78 is 2.10. The highest BCUT2D eigenvalue weighted by atomic mass is 15.3. The van der Waals surface area contributed by atoms with Crippen molar-refractivity contribution < 1.29 is 0 Å². The minimum atomic E-state index is 0.484. The molecule has 0 spiro atoms. The average Bonchev–Trinajstić information content (AvgIpc) is 2.98. The lowest BCUT2D eigenvalue weighted by molar-refractivity contribution is 0.113. The number of rotatable bonds is 6. The molecule has 0 aromatic carbocycles. The van der Waals surface area contributed by atoms with Crippen LogP contribution in [0.4, 0.5) is 0 Å². The van der Waals surface area contributed by atoms with Gasteiger partial charge in [-0.25, -0.2) is 0 Å². The van der Waals surface area contributed by atoms with Crippen LogP contribution in [-0.4, -0.2) is 40.4 Å². The van der Waals surface area contributed by atoms with E-state index in [1.165, 1.54) is 31.2 Å². The molecular formula is C17H30N4. The van der Waals surface area contributed by atoms with Crippen LogP contribution < -0.4 is 5.32 Å². The van der Waals surface area contributed by atoms with E-state index in [-0.39, 0.29) is 0 Å². The number of aryl methyl sites for hydroxylation is 1. The van der Waals surface area contributed by atoms with Crippen molar-refractivity contribution in [1.29, 1.82) is 0 Å². The Hall–Kier alpha value is -0.870. The zero-order valence-corrected chi connectivity index (χ0v) is 13.8. The van der Waals surface area contributed by atoms with E-state index in [1.54, 1.807) is 0 Å². The van der Waals surface area contributed by atoms with E-state index in [1.807, 2.05) is 0 Å². The van der Waals surface area contributed by atoms with Gasteiger partial charge in [-0.2, -0.15) is 5.10 Å². The minimum Gasteiger partial charge on any atom is -0.310 e. The first kappa shape index (κ1) is 15.0. The Morgan fingerprint density at radius 2 is 2.00 bits per heavy atom. The highest BCUT2D eigenvalue weighted by Gasteiger charge is 2.41. The lowest BCUT2D eigenvalue weighted by Gasteiger charge is -2.40. The molecule has 2 aliphatic heterocycles. The van der Waals surface area contributed by atoms with E-state index in [9.17, 15) is 0 Å². The maximum absolute atomic E-state index is 4.54. The van der Waals surface area contributed by atoms with Gasteiger partial charge in [0, 0.05) is 36.4 Å². The zero-order valence-electron chi connectivity index (χ0n) is 13.8. The van der Waals surface area contributed by atoms with Gasteiger partial charge in [-0.1, -0.05) is 13.8 Å². The van der Waals surface area contributed by atoms with Crippen molar-refractivity contribution in [1.82, 2.24) is 20.0 Å². The van der Waals surface area contributed by atoms with E-state index in [4.69, 9.17) is 0 Å². The number of piperidine rings is 1. The molecule has 21 heavy (non-hydrogen) atoms. The third-order valence-electron chi connectivity index (χ3n) is 5.50. The van der Waals surface area contributed by atoms with Crippen LogP contribution in [-0.2, 0) is 6.54 Å². The second kappa shape index (κ2) is 6.49. The van der Waals surface area contributed by atoms with Gasteiger partial charge in [0.1, 0.15) is 0 Å². The second-order valence-electron chi connectivity index (χ2n) is 6.85. The molecule has 118 valence electrons. The molecule has 4 heteroatoms. The summed E-state index contributed by atoms with van der Waals surface area (Å²) in [4.78, 5) is 2.63. The van der Waals surface area contributed by atoms with Crippen molar-refractivity contribution in [3.05, 3.63) is 18.0 Å². The Morgan fingerprint density at radius 1 is 1.29 bits per heavy atom. The van der Waals surface area contributed by atoms with Crippen LogP contribution in [0.1, 0.15) is 57.6 Å². The zero-order chi connectivity index (χ0) is 14.8. The fourth-order valence-electron chi connectivity index (χ4n) is 4.39. The topological polar surface area (TPSA) is 33.1 Å². The van der Waals surface area contributed by atoms with Gasteiger partial charge in [0.15, 0.2) is 0 Å². The van der Waals surface area contributed by atoms with E-state index in [0.29, 0.717) is 6.04 Å². The molecule has 2 aliphatic rings. The SMILES string of the molecule is CCCn1cc(C(NCC)C2CC3CCC(C2)N3C)cn1. The first-order valence-electron chi connectivity index (χ1n) is 8.70. The maximum atomic E-state index is 4.54. The fourth-order valence-corrected chi connectivity index (χ4v) is 4.39. The van der Waals surface area contributed by atoms with Gasteiger partial charge >= 0.3 is 0 Å². The van der Waals surface area contributed by atoms with Crippen LogP contribution in [0.2, 0.25) is 0 Å². The van der Waals surface area contributed by atoms with Gasteiger partial charge in [-0.3, -0.25) is 4.68 Å². The predicted molar refractivity (Wildman–Crippen MR) is 86.2 cm³/mol. The monoisotopic (exact) mass is 290 g/mol. The van der Waals surface area contributed by atoms with Gasteiger partial charge in [0.25, 0.3) is 0 Å². The van der Waals surface area contributed by atoms with Gasteiger partial charge in [0.05, 0.1) is 6.20 Å². The molecule has 0 aliphatic carbocycles. The molecule has 0 amide bonds. The first-order valence-corrected chi connectivity index (χ1v) is 8.70. The number of nitrogens with zero attached hydrogens (tertiary/aromatic N) is 3. The standard InChI is InChI=1S/C17H30N4/c1-4-8-21-12-14(11-19-21)17(18-5-2)13-9-15-6-7-16(10-13)20(15)3/h11-13,15-18H,4-10H2,1-3H3. The molecule has 2 bridgehead atoms. The van der Waals surface area contributed by atoms with Crippen molar-refractivity contribution in [2.24, 2.45) is 5.92 Å². The summed E-state index contributed by atoms with van der Waals surface area (Å²) in [6, 6.07) is 2.10. The van der Waals surface area contributed by atoms with Crippen LogP contribution in [0.5, 0.6) is 0 Å². The third-order valence-corrected chi connectivity index (χ3v) is 5.50. The molecule has 1 N–H and O–H groups in total. The fraction of sp³-hybridized carbons (Fsp3) is 0.824. The molecule has 3 unspecified atom stereocenters. The molecule has 0 saturated carbocycles. The highest BCUT2D eigenvalue weighted by molar-refractivity contribution is 5.14. The quantitative estimate of drug-likeness (QED) is 0.874. The summed E-state index contributed by atoms with van der Waals surface area (Å²) in [6.07, 6.45) is 11.0. The molecule has 2 fully saturated rings. The Labute approximate surface area is 128 Å². The van der Waals surface area contributed by atoms with Crippen molar-refractivity contribution in [3.63, 3.8) is 0 Å². The van der Waals surface area contributed by atoms with Gasteiger partial charge < -0.3 is 10.2 Å². The second-order valence-corrected chi connectivity index (χ2v) is 6.85. The number of hydrogen-bond acceptors (Lipinski definition) is 3. The largest absolute Gasteiger partial charge is 0.310 e. The molecule has 3 atom stereocenters. The molecule has 1 aromatic heterocycles. The van der Waals surface area contributed by atoms with Crippen LogP contribution >= 0.6 is 0 Å². The number of hydrogen-bond donors (Lipinski definition) is 1. The third kappa shape index (κ3) is 3.02. The smallest absolute Gasteiger partial charge is 0.0537 e.